The zero-order valence-corrected chi connectivity index (χ0v) is 9.74. The van der Waals surface area contributed by atoms with Crippen molar-refractivity contribution in [1.29, 1.82) is 10.5 Å². The Morgan fingerprint density at radius 3 is 2.50 bits per heavy atom. The molecule has 0 rings (SSSR count). The Kier molecular flexibility index (Phi) is 9.02. The minimum atomic E-state index is -0.330. The summed E-state index contributed by atoms with van der Waals surface area (Å²) < 4.78 is 5.01. The van der Waals surface area contributed by atoms with Crippen LogP contribution in [0.1, 0.15) is 45.4 Å². The third kappa shape index (κ3) is 7.82. The summed E-state index contributed by atoms with van der Waals surface area (Å²) >= 11 is 0. The molecule has 0 aromatic rings. The summed E-state index contributed by atoms with van der Waals surface area (Å²) in [5.41, 5.74) is 0. The molecule has 0 spiro atoms. The van der Waals surface area contributed by atoms with Crippen molar-refractivity contribution in [1.82, 2.24) is 0 Å². The smallest absolute Gasteiger partial charge is 0.309 e. The van der Waals surface area contributed by atoms with E-state index in [1.54, 1.807) is 6.92 Å². The third-order valence-electron chi connectivity index (χ3n) is 2.23. The molecule has 0 saturated carbocycles. The van der Waals surface area contributed by atoms with Gasteiger partial charge in [-0.05, 0) is 12.8 Å². The van der Waals surface area contributed by atoms with Gasteiger partial charge in [-0.15, -0.1) is 0 Å². The van der Waals surface area contributed by atoms with E-state index in [0.717, 1.165) is 25.7 Å². The summed E-state index contributed by atoms with van der Waals surface area (Å²) in [4.78, 5) is 11.3. The van der Waals surface area contributed by atoms with Crippen molar-refractivity contribution in [3.05, 3.63) is 0 Å². The average molecular weight is 222 g/mol. The Labute approximate surface area is 96.8 Å². The molecule has 0 N–H and O–H groups in total. The predicted molar refractivity (Wildman–Crippen MR) is 59.1 cm³/mol. The first-order valence-corrected chi connectivity index (χ1v) is 5.63. The summed E-state index contributed by atoms with van der Waals surface area (Å²) in [6.45, 7) is 2.11. The van der Waals surface area contributed by atoms with Gasteiger partial charge in [-0.1, -0.05) is 19.8 Å². The molecular weight excluding hydrogens is 204 g/mol. The third-order valence-corrected chi connectivity index (χ3v) is 2.23. The van der Waals surface area contributed by atoms with Gasteiger partial charge < -0.3 is 4.74 Å². The zero-order valence-electron chi connectivity index (χ0n) is 9.74. The average Bonchev–Trinajstić information content (AvgIpc) is 2.28. The number of rotatable bonds is 8. The summed E-state index contributed by atoms with van der Waals surface area (Å²) in [6, 6.07) is 4.03. The number of hydrogen-bond donors (Lipinski definition) is 0. The van der Waals surface area contributed by atoms with Crippen LogP contribution < -0.4 is 0 Å². The first-order chi connectivity index (χ1) is 7.72. The number of carbonyl (C=O) groups is 1. The highest BCUT2D eigenvalue weighted by molar-refractivity contribution is 5.72. The lowest BCUT2D eigenvalue weighted by Crippen LogP contribution is -2.14. The highest BCUT2D eigenvalue weighted by Crippen LogP contribution is 2.06. The van der Waals surface area contributed by atoms with E-state index in [1.807, 2.05) is 6.07 Å². The molecule has 0 aromatic heterocycles. The first-order valence-electron chi connectivity index (χ1n) is 5.63. The van der Waals surface area contributed by atoms with Crippen LogP contribution >= 0.6 is 0 Å². The second-order valence-electron chi connectivity index (χ2n) is 3.75. The molecule has 0 radical (unpaired) electrons. The molecule has 0 saturated heterocycles. The van der Waals surface area contributed by atoms with Crippen LogP contribution in [0.25, 0.3) is 0 Å². The van der Waals surface area contributed by atoms with Crippen molar-refractivity contribution in [3.8, 4) is 12.1 Å². The van der Waals surface area contributed by atoms with E-state index in [2.05, 4.69) is 6.07 Å². The molecule has 0 heterocycles. The number of esters is 1. The molecule has 4 nitrogen and oxygen atoms in total. The van der Waals surface area contributed by atoms with Gasteiger partial charge >= 0.3 is 5.97 Å². The van der Waals surface area contributed by atoms with Crippen LogP contribution in [0.15, 0.2) is 0 Å². The summed E-state index contributed by atoms with van der Waals surface area (Å²) in [5.74, 6) is -0.623. The summed E-state index contributed by atoms with van der Waals surface area (Å²) in [6.07, 6.45) is 4.52. The molecular formula is C12H18N2O2. The van der Waals surface area contributed by atoms with E-state index in [-0.39, 0.29) is 18.3 Å². The molecule has 0 fully saturated rings. The van der Waals surface area contributed by atoms with Crippen molar-refractivity contribution in [3.63, 3.8) is 0 Å². The molecule has 1 atom stereocenters. The van der Waals surface area contributed by atoms with Crippen molar-refractivity contribution < 1.29 is 9.53 Å². The van der Waals surface area contributed by atoms with Gasteiger partial charge in [0.05, 0.1) is 24.7 Å². The number of carbonyl (C=O) groups excluding carboxylic acids is 1. The van der Waals surface area contributed by atoms with Crippen molar-refractivity contribution in [2.24, 2.45) is 5.92 Å². The highest BCUT2D eigenvalue weighted by atomic mass is 16.5. The molecule has 0 amide bonds. The van der Waals surface area contributed by atoms with E-state index in [9.17, 15) is 4.79 Å². The molecule has 0 aliphatic carbocycles. The normalized spacial score (nSPS) is 11.2. The van der Waals surface area contributed by atoms with Gasteiger partial charge in [-0.2, -0.15) is 10.5 Å². The minimum absolute atomic E-state index is 0.209. The van der Waals surface area contributed by atoms with Gasteiger partial charge in [0.1, 0.15) is 0 Å². The van der Waals surface area contributed by atoms with Crippen LogP contribution in [0, 0.1) is 28.6 Å². The Hall–Kier alpha value is -1.55. The molecule has 0 aliphatic heterocycles. The lowest BCUT2D eigenvalue weighted by atomic mass is 10.1. The van der Waals surface area contributed by atoms with Crippen molar-refractivity contribution in [2.45, 2.75) is 45.4 Å². The molecule has 1 unspecified atom stereocenters. The SMILES string of the molecule is CC(CC#N)C(=O)OCCCCCCC#N. The number of nitriles is 2. The van der Waals surface area contributed by atoms with Gasteiger partial charge in [0.15, 0.2) is 0 Å². The van der Waals surface area contributed by atoms with Crippen LogP contribution in [0.2, 0.25) is 0 Å². The Morgan fingerprint density at radius 2 is 1.88 bits per heavy atom. The molecule has 0 aromatic carbocycles. The van der Waals surface area contributed by atoms with E-state index in [1.165, 1.54) is 0 Å². The second kappa shape index (κ2) is 9.98. The van der Waals surface area contributed by atoms with Crippen LogP contribution in [-0.4, -0.2) is 12.6 Å². The van der Waals surface area contributed by atoms with E-state index in [0.29, 0.717) is 13.0 Å². The van der Waals surface area contributed by atoms with Crippen LogP contribution in [0.3, 0.4) is 0 Å². The van der Waals surface area contributed by atoms with Gasteiger partial charge in [0.2, 0.25) is 0 Å². The monoisotopic (exact) mass is 222 g/mol. The largest absolute Gasteiger partial charge is 0.465 e. The van der Waals surface area contributed by atoms with E-state index >= 15 is 0 Å². The summed E-state index contributed by atoms with van der Waals surface area (Å²) in [7, 11) is 0. The lowest BCUT2D eigenvalue weighted by molar-refractivity contribution is -0.147. The fraction of sp³-hybridized carbons (Fsp3) is 0.750. The summed E-state index contributed by atoms with van der Waals surface area (Å²) in [5, 5.41) is 16.7. The number of nitrogens with zero attached hydrogens (tertiary/aromatic N) is 2. The first kappa shape index (κ1) is 14.5. The highest BCUT2D eigenvalue weighted by Gasteiger charge is 2.13. The number of unbranched alkanes of at least 4 members (excludes halogenated alkanes) is 4. The molecule has 0 aliphatic rings. The lowest BCUT2D eigenvalue weighted by Gasteiger charge is -2.07. The molecule has 0 bridgehead atoms. The van der Waals surface area contributed by atoms with Crippen LogP contribution in [-0.2, 0) is 9.53 Å². The maximum absolute atomic E-state index is 11.3. The van der Waals surface area contributed by atoms with Gasteiger partial charge in [0, 0.05) is 12.8 Å². The topological polar surface area (TPSA) is 73.9 Å². The molecule has 88 valence electrons. The van der Waals surface area contributed by atoms with Crippen molar-refractivity contribution in [2.75, 3.05) is 6.61 Å². The molecule has 16 heavy (non-hydrogen) atoms. The standard InChI is InChI=1S/C12H18N2O2/c1-11(7-9-14)12(15)16-10-6-4-2-3-5-8-13/h11H,2-7,10H2,1H3. The number of hydrogen-bond acceptors (Lipinski definition) is 4. The number of ether oxygens (including phenoxy) is 1. The maximum Gasteiger partial charge on any atom is 0.309 e. The Bertz CT molecular complexity index is 276. The second-order valence-corrected chi connectivity index (χ2v) is 3.75. The van der Waals surface area contributed by atoms with Crippen LogP contribution in [0.4, 0.5) is 0 Å². The zero-order chi connectivity index (χ0) is 12.2. The van der Waals surface area contributed by atoms with Gasteiger partial charge in [0.25, 0.3) is 0 Å². The fourth-order valence-corrected chi connectivity index (χ4v) is 1.19. The van der Waals surface area contributed by atoms with E-state index < -0.39 is 0 Å². The maximum atomic E-state index is 11.3. The van der Waals surface area contributed by atoms with Gasteiger partial charge in [-0.3, -0.25) is 4.79 Å². The predicted octanol–water partition coefficient (Wildman–Crippen LogP) is 2.55. The fourth-order valence-electron chi connectivity index (χ4n) is 1.19. The van der Waals surface area contributed by atoms with Gasteiger partial charge in [-0.25, -0.2) is 0 Å². The van der Waals surface area contributed by atoms with Crippen LogP contribution in [0.5, 0.6) is 0 Å². The quantitative estimate of drug-likeness (QED) is 0.467. The van der Waals surface area contributed by atoms with Crippen molar-refractivity contribution >= 4 is 5.97 Å². The Morgan fingerprint density at radius 1 is 1.19 bits per heavy atom. The minimum Gasteiger partial charge on any atom is -0.465 e. The molecule has 4 heteroatoms. The Balaban J connectivity index is 3.35. The van der Waals surface area contributed by atoms with E-state index in [4.69, 9.17) is 15.3 Å².